The minimum Gasteiger partial charge on any atom is -0.492 e. The summed E-state index contributed by atoms with van der Waals surface area (Å²) in [7, 11) is 1.66. The molecule has 6 nitrogen and oxygen atoms in total. The van der Waals surface area contributed by atoms with Gasteiger partial charge in [0.1, 0.15) is 12.4 Å². The van der Waals surface area contributed by atoms with Crippen molar-refractivity contribution in [2.45, 2.75) is 25.4 Å². The quantitative estimate of drug-likeness (QED) is 0.203. The highest BCUT2D eigenvalue weighted by atomic mass is 127. The number of benzene rings is 1. The molecule has 0 saturated carbocycles. The Hall–Kier alpha value is -1.27. The largest absolute Gasteiger partial charge is 0.492 e. The first-order chi connectivity index (χ1) is 14.0. The molecule has 0 atom stereocenters. The van der Waals surface area contributed by atoms with Gasteiger partial charge in [-0.3, -0.25) is 4.99 Å². The highest BCUT2D eigenvalue weighted by Crippen LogP contribution is 2.31. The van der Waals surface area contributed by atoms with Gasteiger partial charge in [-0.05, 0) is 43.4 Å². The van der Waals surface area contributed by atoms with Gasteiger partial charge in [0.25, 0.3) is 0 Å². The predicted octanol–water partition coefficient (Wildman–Crippen LogP) is 3.70. The van der Waals surface area contributed by atoms with E-state index in [0.29, 0.717) is 31.6 Å². The van der Waals surface area contributed by atoms with Crippen LogP contribution in [0.3, 0.4) is 0 Å². The van der Waals surface area contributed by atoms with E-state index in [1.165, 1.54) is 12.1 Å². The van der Waals surface area contributed by atoms with E-state index in [4.69, 9.17) is 14.2 Å². The Morgan fingerprint density at radius 2 is 1.90 bits per heavy atom. The van der Waals surface area contributed by atoms with Crippen LogP contribution in [-0.2, 0) is 15.7 Å². The van der Waals surface area contributed by atoms with E-state index in [-0.39, 0.29) is 36.3 Å². The van der Waals surface area contributed by atoms with Gasteiger partial charge in [-0.25, -0.2) is 0 Å². The number of alkyl halides is 3. The first kappa shape index (κ1) is 26.8. The van der Waals surface area contributed by atoms with Crippen molar-refractivity contribution in [1.29, 1.82) is 0 Å². The monoisotopic (exact) mass is 545 g/mol. The Morgan fingerprint density at radius 3 is 2.60 bits per heavy atom. The van der Waals surface area contributed by atoms with Gasteiger partial charge in [0.2, 0.25) is 0 Å². The Bertz CT molecular complexity index is 627. The summed E-state index contributed by atoms with van der Waals surface area (Å²) in [5.41, 5.74) is -0.723. The van der Waals surface area contributed by atoms with E-state index in [2.05, 4.69) is 15.6 Å². The van der Waals surface area contributed by atoms with E-state index < -0.39 is 11.7 Å². The fourth-order valence-electron chi connectivity index (χ4n) is 2.87. The van der Waals surface area contributed by atoms with Crippen LogP contribution in [0.1, 0.15) is 24.8 Å². The topological polar surface area (TPSA) is 64.1 Å². The molecule has 0 unspecified atom stereocenters. The lowest BCUT2D eigenvalue weighted by molar-refractivity contribution is -0.137. The van der Waals surface area contributed by atoms with Crippen molar-refractivity contribution in [1.82, 2.24) is 10.6 Å². The molecule has 2 N–H and O–H groups in total. The summed E-state index contributed by atoms with van der Waals surface area (Å²) < 4.78 is 54.5. The molecule has 0 aromatic heterocycles. The zero-order chi connectivity index (χ0) is 21.0. The standard InChI is InChI=1S/C20H30F3N3O3.HI/c1-24-19(25-8-3-10-28-15-16-6-11-27-12-7-16)26-9-13-29-18-5-2-4-17(14-18)20(21,22)23;/h2,4-5,14,16H,3,6-13,15H2,1H3,(H2,24,25,26);1H. The normalized spacial score (nSPS) is 15.4. The number of nitrogens with one attached hydrogen (secondary N) is 2. The Morgan fingerprint density at radius 1 is 1.17 bits per heavy atom. The van der Waals surface area contributed by atoms with Gasteiger partial charge in [0.05, 0.1) is 12.1 Å². The van der Waals surface area contributed by atoms with Crippen LogP contribution in [0.4, 0.5) is 13.2 Å². The summed E-state index contributed by atoms with van der Waals surface area (Å²) in [6.07, 6.45) is -1.39. The van der Waals surface area contributed by atoms with Crippen molar-refractivity contribution in [3.05, 3.63) is 29.8 Å². The first-order valence-electron chi connectivity index (χ1n) is 9.89. The molecule has 0 amide bonds. The molecule has 1 aliphatic heterocycles. The molecule has 10 heteroatoms. The SMILES string of the molecule is CN=C(NCCCOCC1CCOCC1)NCCOc1cccc(C(F)(F)F)c1.I. The first-order valence-corrected chi connectivity index (χ1v) is 9.89. The number of aliphatic imine (C=N–C) groups is 1. The second-order valence-electron chi connectivity index (χ2n) is 6.78. The number of halogens is 4. The minimum absolute atomic E-state index is 0. The molecule has 0 aliphatic carbocycles. The zero-order valence-electron chi connectivity index (χ0n) is 17.2. The third-order valence-electron chi connectivity index (χ3n) is 4.50. The van der Waals surface area contributed by atoms with E-state index in [9.17, 15) is 13.2 Å². The van der Waals surface area contributed by atoms with E-state index in [1.54, 1.807) is 7.05 Å². The molecule has 1 aromatic rings. The molecule has 30 heavy (non-hydrogen) atoms. The molecular formula is C20H31F3IN3O3. The van der Waals surface area contributed by atoms with Crippen molar-refractivity contribution in [2.75, 3.05) is 53.2 Å². The van der Waals surface area contributed by atoms with Gasteiger partial charge in [-0.1, -0.05) is 6.07 Å². The van der Waals surface area contributed by atoms with Crippen molar-refractivity contribution < 1.29 is 27.4 Å². The van der Waals surface area contributed by atoms with E-state index >= 15 is 0 Å². The third-order valence-corrected chi connectivity index (χ3v) is 4.50. The van der Waals surface area contributed by atoms with Crippen LogP contribution in [-0.4, -0.2) is 59.1 Å². The second kappa shape index (κ2) is 14.7. The fraction of sp³-hybridized carbons (Fsp3) is 0.650. The molecule has 1 aromatic carbocycles. The van der Waals surface area contributed by atoms with Gasteiger partial charge >= 0.3 is 6.18 Å². The van der Waals surface area contributed by atoms with Crippen molar-refractivity contribution in [3.8, 4) is 5.75 Å². The Balaban J connectivity index is 0.00000450. The van der Waals surface area contributed by atoms with E-state index in [1.807, 2.05) is 0 Å². The van der Waals surface area contributed by atoms with Crippen molar-refractivity contribution in [3.63, 3.8) is 0 Å². The van der Waals surface area contributed by atoms with Gasteiger partial charge in [-0.15, -0.1) is 24.0 Å². The molecule has 2 rings (SSSR count). The zero-order valence-corrected chi connectivity index (χ0v) is 19.5. The maximum Gasteiger partial charge on any atom is 0.416 e. The fourth-order valence-corrected chi connectivity index (χ4v) is 2.87. The number of hydrogen-bond acceptors (Lipinski definition) is 4. The molecule has 1 heterocycles. The summed E-state index contributed by atoms with van der Waals surface area (Å²) >= 11 is 0. The molecule has 1 fully saturated rings. The average molecular weight is 545 g/mol. The number of ether oxygens (including phenoxy) is 3. The Kier molecular flexibility index (Phi) is 13.1. The summed E-state index contributed by atoms with van der Waals surface area (Å²) in [6.45, 7) is 4.46. The number of nitrogens with zero attached hydrogens (tertiary/aromatic N) is 1. The summed E-state index contributed by atoms with van der Waals surface area (Å²) in [6, 6.07) is 4.84. The maximum absolute atomic E-state index is 12.7. The summed E-state index contributed by atoms with van der Waals surface area (Å²) in [5, 5.41) is 6.23. The van der Waals surface area contributed by atoms with Crippen LogP contribution in [0.25, 0.3) is 0 Å². The lowest BCUT2D eigenvalue weighted by Gasteiger charge is -2.21. The van der Waals surface area contributed by atoms with Crippen LogP contribution in [0.2, 0.25) is 0 Å². The third kappa shape index (κ3) is 10.7. The van der Waals surface area contributed by atoms with Crippen LogP contribution in [0.5, 0.6) is 5.75 Å². The maximum atomic E-state index is 12.7. The number of rotatable bonds is 10. The molecule has 0 spiro atoms. The molecule has 0 bridgehead atoms. The summed E-state index contributed by atoms with van der Waals surface area (Å²) in [4.78, 5) is 4.11. The molecule has 1 aliphatic rings. The van der Waals surface area contributed by atoms with Gasteiger partial charge in [0.15, 0.2) is 5.96 Å². The summed E-state index contributed by atoms with van der Waals surface area (Å²) in [5.74, 6) is 1.40. The van der Waals surface area contributed by atoms with Crippen LogP contribution >= 0.6 is 24.0 Å². The Labute approximate surface area is 193 Å². The number of guanidine groups is 1. The lowest BCUT2D eigenvalue weighted by Crippen LogP contribution is -2.40. The highest BCUT2D eigenvalue weighted by molar-refractivity contribution is 14.0. The van der Waals surface area contributed by atoms with Crippen molar-refractivity contribution >= 4 is 29.9 Å². The second-order valence-corrected chi connectivity index (χ2v) is 6.78. The van der Waals surface area contributed by atoms with Crippen LogP contribution in [0.15, 0.2) is 29.3 Å². The predicted molar refractivity (Wildman–Crippen MR) is 121 cm³/mol. The molecular weight excluding hydrogens is 514 g/mol. The molecule has 1 saturated heterocycles. The van der Waals surface area contributed by atoms with Gasteiger partial charge in [0, 0.05) is 40.0 Å². The van der Waals surface area contributed by atoms with Crippen LogP contribution < -0.4 is 15.4 Å². The minimum atomic E-state index is -4.38. The van der Waals surface area contributed by atoms with Crippen molar-refractivity contribution in [2.24, 2.45) is 10.9 Å². The molecule has 172 valence electrons. The molecule has 0 radical (unpaired) electrons. The van der Waals surface area contributed by atoms with Gasteiger partial charge in [-0.2, -0.15) is 13.2 Å². The van der Waals surface area contributed by atoms with Gasteiger partial charge < -0.3 is 24.8 Å². The van der Waals surface area contributed by atoms with Crippen LogP contribution in [0, 0.1) is 5.92 Å². The average Bonchev–Trinajstić information content (AvgIpc) is 2.72. The smallest absolute Gasteiger partial charge is 0.416 e. The lowest BCUT2D eigenvalue weighted by atomic mass is 10.0. The van der Waals surface area contributed by atoms with E-state index in [0.717, 1.165) is 51.2 Å². The highest BCUT2D eigenvalue weighted by Gasteiger charge is 2.30. The number of hydrogen-bond donors (Lipinski definition) is 2.